The van der Waals surface area contributed by atoms with Gasteiger partial charge in [0.25, 0.3) is 0 Å². The Hall–Kier alpha value is -2.07. The lowest BCUT2D eigenvalue weighted by Gasteiger charge is -2.08. The Balaban J connectivity index is 2.15. The number of aromatic nitrogens is 1. The number of aliphatic hydroxyl groups excluding tert-OH is 1. The molecule has 0 radical (unpaired) electrons. The van der Waals surface area contributed by atoms with Crippen LogP contribution in [0.15, 0.2) is 42.6 Å². The molecular formula is C14H15NO3. The third-order valence-electron chi connectivity index (χ3n) is 2.52. The van der Waals surface area contributed by atoms with Crippen LogP contribution in [0.3, 0.4) is 0 Å². The number of rotatable bonds is 4. The maximum Gasteiger partial charge on any atom is 0.219 e. The normalized spacial score (nSPS) is 11.9. The van der Waals surface area contributed by atoms with Crippen LogP contribution in [0.2, 0.25) is 0 Å². The molecule has 4 nitrogen and oxygen atoms in total. The van der Waals surface area contributed by atoms with Crippen molar-refractivity contribution in [1.29, 1.82) is 0 Å². The molecule has 0 saturated carbocycles. The lowest BCUT2D eigenvalue weighted by molar-refractivity contribution is 0.198. The zero-order chi connectivity index (χ0) is 13.0. The molecule has 0 fully saturated rings. The van der Waals surface area contributed by atoms with E-state index in [4.69, 9.17) is 9.47 Å². The van der Waals surface area contributed by atoms with Gasteiger partial charge in [-0.2, -0.15) is 0 Å². The zero-order valence-electron chi connectivity index (χ0n) is 10.3. The molecule has 18 heavy (non-hydrogen) atoms. The summed E-state index contributed by atoms with van der Waals surface area (Å²) >= 11 is 0. The van der Waals surface area contributed by atoms with E-state index in [1.165, 1.54) is 0 Å². The fraction of sp³-hybridized carbons (Fsp3) is 0.214. The van der Waals surface area contributed by atoms with Gasteiger partial charge < -0.3 is 14.6 Å². The van der Waals surface area contributed by atoms with E-state index in [0.29, 0.717) is 11.6 Å². The summed E-state index contributed by atoms with van der Waals surface area (Å²) in [6.07, 6.45) is 1.08. The molecule has 0 aliphatic rings. The Bertz CT molecular complexity index is 509. The third kappa shape index (κ3) is 2.99. The van der Waals surface area contributed by atoms with E-state index in [9.17, 15) is 5.11 Å². The largest absolute Gasteiger partial charge is 0.497 e. The van der Waals surface area contributed by atoms with E-state index in [1.807, 2.05) is 12.1 Å². The van der Waals surface area contributed by atoms with Crippen LogP contribution in [0.5, 0.6) is 17.4 Å². The van der Waals surface area contributed by atoms with Crippen LogP contribution in [0, 0.1) is 0 Å². The van der Waals surface area contributed by atoms with Crippen molar-refractivity contribution in [2.75, 3.05) is 7.11 Å². The van der Waals surface area contributed by atoms with Crippen LogP contribution in [0.1, 0.15) is 18.6 Å². The highest BCUT2D eigenvalue weighted by atomic mass is 16.5. The highest BCUT2D eigenvalue weighted by Gasteiger charge is 2.04. The third-order valence-corrected chi connectivity index (χ3v) is 2.52. The van der Waals surface area contributed by atoms with Gasteiger partial charge >= 0.3 is 0 Å². The van der Waals surface area contributed by atoms with Gasteiger partial charge in [-0.1, -0.05) is 0 Å². The van der Waals surface area contributed by atoms with Crippen LogP contribution in [0.4, 0.5) is 0 Å². The predicted octanol–water partition coefficient (Wildman–Crippen LogP) is 2.94. The van der Waals surface area contributed by atoms with Crippen LogP contribution in [-0.2, 0) is 0 Å². The molecule has 0 saturated heterocycles. The van der Waals surface area contributed by atoms with Gasteiger partial charge in [-0.25, -0.2) is 4.98 Å². The van der Waals surface area contributed by atoms with E-state index in [0.717, 1.165) is 11.3 Å². The molecule has 2 aromatic rings. The number of benzene rings is 1. The maximum atomic E-state index is 9.48. The Morgan fingerprint density at radius 2 is 1.78 bits per heavy atom. The van der Waals surface area contributed by atoms with Gasteiger partial charge in [0.1, 0.15) is 11.5 Å². The van der Waals surface area contributed by atoms with Gasteiger partial charge in [0.05, 0.1) is 13.2 Å². The molecular weight excluding hydrogens is 230 g/mol. The maximum absolute atomic E-state index is 9.48. The van der Waals surface area contributed by atoms with Crippen molar-refractivity contribution >= 4 is 0 Å². The first-order valence-corrected chi connectivity index (χ1v) is 5.65. The Kier molecular flexibility index (Phi) is 3.79. The van der Waals surface area contributed by atoms with Crippen molar-refractivity contribution in [2.24, 2.45) is 0 Å². The monoisotopic (exact) mass is 245 g/mol. The summed E-state index contributed by atoms with van der Waals surface area (Å²) in [6, 6.07) is 10.7. The minimum atomic E-state index is -0.536. The molecule has 1 aromatic carbocycles. The van der Waals surface area contributed by atoms with E-state index < -0.39 is 6.10 Å². The second kappa shape index (κ2) is 5.51. The summed E-state index contributed by atoms with van der Waals surface area (Å²) in [7, 11) is 1.61. The quantitative estimate of drug-likeness (QED) is 0.899. The molecule has 0 bridgehead atoms. The van der Waals surface area contributed by atoms with Crippen molar-refractivity contribution in [1.82, 2.24) is 4.98 Å². The molecule has 0 amide bonds. The first-order valence-electron chi connectivity index (χ1n) is 5.65. The second-order valence-electron chi connectivity index (χ2n) is 3.88. The summed E-state index contributed by atoms with van der Waals surface area (Å²) in [5.41, 5.74) is 0.772. The van der Waals surface area contributed by atoms with Crippen molar-refractivity contribution in [3.8, 4) is 17.4 Å². The molecule has 0 unspecified atom stereocenters. The average molecular weight is 245 g/mol. The van der Waals surface area contributed by atoms with E-state index in [2.05, 4.69) is 4.98 Å². The van der Waals surface area contributed by atoms with Crippen molar-refractivity contribution in [3.63, 3.8) is 0 Å². The molecule has 4 heteroatoms. The number of hydrogen-bond acceptors (Lipinski definition) is 4. The summed E-state index contributed by atoms with van der Waals surface area (Å²) in [4.78, 5) is 4.10. The number of hydrogen-bond donors (Lipinski definition) is 1. The van der Waals surface area contributed by atoms with Crippen molar-refractivity contribution < 1.29 is 14.6 Å². The fourth-order valence-corrected chi connectivity index (χ4v) is 1.50. The highest BCUT2D eigenvalue weighted by molar-refractivity contribution is 5.34. The topological polar surface area (TPSA) is 51.6 Å². The summed E-state index contributed by atoms with van der Waals surface area (Å²) in [5.74, 6) is 1.90. The average Bonchev–Trinajstić information content (AvgIpc) is 2.40. The minimum Gasteiger partial charge on any atom is -0.497 e. The molecule has 1 aromatic heterocycles. The lowest BCUT2D eigenvalue weighted by atomic mass is 10.2. The van der Waals surface area contributed by atoms with Crippen molar-refractivity contribution in [3.05, 3.63) is 48.2 Å². The minimum absolute atomic E-state index is 0.457. The standard InChI is InChI=1S/C14H15NO3/c1-10(16)11-7-8-15-14(9-11)18-13-5-3-12(17-2)4-6-13/h3-10,16H,1-2H3/t10-/m1/s1. The van der Waals surface area contributed by atoms with Gasteiger partial charge in [-0.15, -0.1) is 0 Å². The predicted molar refractivity (Wildman–Crippen MR) is 67.9 cm³/mol. The highest BCUT2D eigenvalue weighted by Crippen LogP contribution is 2.24. The van der Waals surface area contributed by atoms with Gasteiger partial charge in [-0.05, 0) is 42.8 Å². The second-order valence-corrected chi connectivity index (χ2v) is 3.88. The smallest absolute Gasteiger partial charge is 0.219 e. The fourth-order valence-electron chi connectivity index (χ4n) is 1.50. The Morgan fingerprint density at radius 3 is 2.39 bits per heavy atom. The number of methoxy groups -OCH3 is 1. The van der Waals surface area contributed by atoms with Crippen LogP contribution >= 0.6 is 0 Å². The van der Waals surface area contributed by atoms with Crippen LogP contribution in [0.25, 0.3) is 0 Å². The summed E-state index contributed by atoms with van der Waals surface area (Å²) in [6.45, 7) is 1.70. The molecule has 0 aliphatic carbocycles. The molecule has 1 heterocycles. The molecule has 0 aliphatic heterocycles. The molecule has 2 rings (SSSR count). The molecule has 94 valence electrons. The van der Waals surface area contributed by atoms with Crippen LogP contribution in [-0.4, -0.2) is 17.2 Å². The van der Waals surface area contributed by atoms with Gasteiger partial charge in [-0.3, -0.25) is 0 Å². The molecule has 0 spiro atoms. The first-order chi connectivity index (χ1) is 8.69. The van der Waals surface area contributed by atoms with Crippen molar-refractivity contribution in [2.45, 2.75) is 13.0 Å². The van der Waals surface area contributed by atoms with Gasteiger partial charge in [0.15, 0.2) is 0 Å². The number of aliphatic hydroxyl groups is 1. The number of nitrogens with zero attached hydrogens (tertiary/aromatic N) is 1. The summed E-state index contributed by atoms with van der Waals surface area (Å²) in [5, 5.41) is 9.48. The zero-order valence-corrected chi connectivity index (χ0v) is 10.3. The first kappa shape index (κ1) is 12.4. The summed E-state index contributed by atoms with van der Waals surface area (Å²) < 4.78 is 10.7. The van der Waals surface area contributed by atoms with E-state index in [-0.39, 0.29) is 0 Å². The molecule has 1 N–H and O–H groups in total. The lowest BCUT2D eigenvalue weighted by Crippen LogP contribution is -1.94. The van der Waals surface area contributed by atoms with E-state index >= 15 is 0 Å². The van der Waals surface area contributed by atoms with Crippen LogP contribution < -0.4 is 9.47 Å². The number of pyridine rings is 1. The molecule has 1 atom stereocenters. The number of ether oxygens (including phenoxy) is 2. The SMILES string of the molecule is COc1ccc(Oc2cc([C@@H](C)O)ccn2)cc1. The van der Waals surface area contributed by atoms with E-state index in [1.54, 1.807) is 44.5 Å². The Labute approximate surface area is 106 Å². The van der Waals surface area contributed by atoms with Gasteiger partial charge in [0, 0.05) is 12.3 Å². The Morgan fingerprint density at radius 1 is 1.11 bits per heavy atom. The van der Waals surface area contributed by atoms with Gasteiger partial charge in [0.2, 0.25) is 5.88 Å².